The summed E-state index contributed by atoms with van der Waals surface area (Å²) in [5.74, 6) is -2.47. The van der Waals surface area contributed by atoms with Crippen LogP contribution in [0.1, 0.15) is 76.1 Å². The number of unbranched alkanes of at least 4 members (excludes halogenated alkanes) is 3. The van der Waals surface area contributed by atoms with E-state index >= 15 is 0 Å². The monoisotopic (exact) mass is 701 g/mol. The molecule has 16 heteroatoms. The molecule has 1 aromatic carbocycles. The number of ether oxygens (including phenoxy) is 4. The van der Waals surface area contributed by atoms with E-state index in [-0.39, 0.29) is 71.6 Å². The molecule has 4 rings (SSSR count). The number of hydrogen-bond acceptors (Lipinski definition) is 13. The lowest BCUT2D eigenvalue weighted by molar-refractivity contribution is -0.386. The third-order valence-electron chi connectivity index (χ3n) is 7.16. The topological polar surface area (TPSA) is 220 Å². The molecule has 16 nitrogen and oxygen atoms in total. The standard InChI is InChI=1S/C35H39N7O9/c1-3-4-5-9-20-50-34-29(42(46)47)18-17-25(40-34)31(44)38-27-14-13-24(39-33(27)51-22-23-11-7-6-8-12-23)30(43)37-26-15-16-28(35(45)48-2)41-32(26)49-21-10-19-36/h6-8,11-18H,3-5,9-10,19-22,36H2,1-2H3,(H,37,43)(H,38,44). The Morgan fingerprint density at radius 3 is 1.92 bits per heavy atom. The molecule has 0 unspecified atom stereocenters. The van der Waals surface area contributed by atoms with E-state index in [0.717, 1.165) is 30.9 Å². The maximum absolute atomic E-state index is 13.4. The maximum atomic E-state index is 13.4. The number of carbonyl (C=O) groups excluding carboxylic acids is 3. The van der Waals surface area contributed by atoms with Crippen LogP contribution < -0.4 is 30.6 Å². The van der Waals surface area contributed by atoms with Crippen molar-refractivity contribution in [3.8, 4) is 17.6 Å². The first-order valence-corrected chi connectivity index (χ1v) is 16.2. The van der Waals surface area contributed by atoms with Gasteiger partial charge in [-0.3, -0.25) is 19.7 Å². The number of benzene rings is 1. The second kappa shape index (κ2) is 19.1. The zero-order valence-corrected chi connectivity index (χ0v) is 28.3. The molecule has 4 aromatic rings. The molecule has 0 bridgehead atoms. The fraction of sp³-hybridized carbons (Fsp3) is 0.314. The van der Waals surface area contributed by atoms with Gasteiger partial charge in [0.1, 0.15) is 29.4 Å². The van der Waals surface area contributed by atoms with Gasteiger partial charge in [0.2, 0.25) is 11.8 Å². The van der Waals surface area contributed by atoms with Gasteiger partial charge in [-0.25, -0.2) is 19.7 Å². The Balaban J connectivity index is 1.59. The molecule has 0 spiro atoms. The number of nitrogens with one attached hydrogen (secondary N) is 2. The van der Waals surface area contributed by atoms with E-state index in [1.54, 1.807) is 0 Å². The van der Waals surface area contributed by atoms with Crippen LogP contribution in [-0.2, 0) is 11.3 Å². The van der Waals surface area contributed by atoms with E-state index in [1.165, 1.54) is 37.4 Å². The van der Waals surface area contributed by atoms with E-state index in [4.69, 9.17) is 24.7 Å². The van der Waals surface area contributed by atoms with Crippen LogP contribution >= 0.6 is 0 Å². The van der Waals surface area contributed by atoms with Gasteiger partial charge >= 0.3 is 11.7 Å². The number of esters is 1. The average Bonchev–Trinajstić information content (AvgIpc) is 3.14. The Morgan fingerprint density at radius 1 is 0.725 bits per heavy atom. The van der Waals surface area contributed by atoms with E-state index in [1.807, 2.05) is 30.3 Å². The highest BCUT2D eigenvalue weighted by atomic mass is 16.6. The largest absolute Gasteiger partial charge is 0.476 e. The highest BCUT2D eigenvalue weighted by molar-refractivity contribution is 6.06. The molecule has 4 N–H and O–H groups in total. The van der Waals surface area contributed by atoms with Crippen molar-refractivity contribution < 1.29 is 38.3 Å². The summed E-state index contributed by atoms with van der Waals surface area (Å²) >= 11 is 0. The summed E-state index contributed by atoms with van der Waals surface area (Å²) < 4.78 is 22.0. The average molecular weight is 702 g/mol. The first kappa shape index (κ1) is 37.7. The Bertz CT molecular complexity index is 1820. The lowest BCUT2D eigenvalue weighted by atomic mass is 10.2. The van der Waals surface area contributed by atoms with Gasteiger partial charge in [0.05, 0.1) is 25.2 Å². The van der Waals surface area contributed by atoms with Crippen molar-refractivity contribution in [1.29, 1.82) is 0 Å². The molecule has 0 radical (unpaired) electrons. The van der Waals surface area contributed by atoms with Crippen molar-refractivity contribution in [1.82, 2.24) is 15.0 Å². The highest BCUT2D eigenvalue weighted by Crippen LogP contribution is 2.29. The molecule has 0 aliphatic rings. The SMILES string of the molecule is CCCCCCOc1nc(C(=O)Nc2ccc(C(=O)Nc3ccc(C(=O)OC)nc3OCCCN)nc2OCc2ccccc2)ccc1[N+](=O)[O-]. The minimum absolute atomic E-state index is 0.0240. The summed E-state index contributed by atoms with van der Waals surface area (Å²) in [6.45, 7) is 2.85. The minimum Gasteiger partial charge on any atom is -0.476 e. The number of carbonyl (C=O) groups is 3. The number of aromatic nitrogens is 3. The predicted octanol–water partition coefficient (Wildman–Crippen LogP) is 5.34. The molecule has 51 heavy (non-hydrogen) atoms. The van der Waals surface area contributed by atoms with Crippen molar-refractivity contribution in [2.24, 2.45) is 5.73 Å². The van der Waals surface area contributed by atoms with Gasteiger partial charge in [0, 0.05) is 6.07 Å². The molecular weight excluding hydrogens is 662 g/mol. The zero-order valence-electron chi connectivity index (χ0n) is 28.3. The van der Waals surface area contributed by atoms with E-state index in [2.05, 4.69) is 32.5 Å². The van der Waals surface area contributed by atoms with Gasteiger partial charge in [0.25, 0.3) is 17.7 Å². The third kappa shape index (κ3) is 10.9. The lowest BCUT2D eigenvalue weighted by Crippen LogP contribution is -2.19. The number of nitro groups is 1. The minimum atomic E-state index is -0.722. The number of nitrogens with two attached hydrogens (primary N) is 1. The van der Waals surface area contributed by atoms with Gasteiger partial charge in [-0.1, -0.05) is 56.5 Å². The van der Waals surface area contributed by atoms with Crippen LogP contribution in [0.5, 0.6) is 17.6 Å². The van der Waals surface area contributed by atoms with Crippen LogP contribution in [-0.4, -0.2) is 64.5 Å². The van der Waals surface area contributed by atoms with Crippen LogP contribution in [0.25, 0.3) is 0 Å². The van der Waals surface area contributed by atoms with Gasteiger partial charge in [-0.15, -0.1) is 0 Å². The molecule has 0 saturated heterocycles. The second-order valence-electron chi connectivity index (χ2n) is 11.0. The fourth-order valence-electron chi connectivity index (χ4n) is 4.49. The Labute approximate surface area is 293 Å². The van der Waals surface area contributed by atoms with Crippen LogP contribution in [0.15, 0.2) is 66.7 Å². The number of hydrogen-bond donors (Lipinski definition) is 3. The fourth-order valence-corrected chi connectivity index (χ4v) is 4.49. The van der Waals surface area contributed by atoms with Crippen LogP contribution in [0.4, 0.5) is 17.1 Å². The summed E-state index contributed by atoms with van der Waals surface area (Å²) in [7, 11) is 1.22. The smallest absolute Gasteiger partial charge is 0.356 e. The quantitative estimate of drug-likeness (QED) is 0.0487. The van der Waals surface area contributed by atoms with Crippen molar-refractivity contribution in [2.75, 3.05) is 37.5 Å². The molecule has 0 aliphatic heterocycles. The van der Waals surface area contributed by atoms with Crippen molar-refractivity contribution in [2.45, 2.75) is 45.6 Å². The van der Waals surface area contributed by atoms with Crippen molar-refractivity contribution >= 4 is 34.8 Å². The summed E-state index contributed by atoms with van der Waals surface area (Å²) in [4.78, 5) is 62.5. The Morgan fingerprint density at radius 2 is 1.29 bits per heavy atom. The molecule has 3 aromatic heterocycles. The van der Waals surface area contributed by atoms with Crippen LogP contribution in [0.3, 0.4) is 0 Å². The molecule has 0 atom stereocenters. The normalized spacial score (nSPS) is 10.6. The number of pyridine rings is 3. The van der Waals surface area contributed by atoms with Crippen molar-refractivity contribution in [3.05, 3.63) is 99.5 Å². The third-order valence-corrected chi connectivity index (χ3v) is 7.16. The number of rotatable bonds is 19. The van der Waals surface area contributed by atoms with Crippen LogP contribution in [0.2, 0.25) is 0 Å². The molecule has 0 saturated carbocycles. The summed E-state index contributed by atoms with van der Waals surface area (Å²) in [5.41, 5.74) is 5.99. The number of nitrogens with zero attached hydrogens (tertiary/aromatic N) is 4. The maximum Gasteiger partial charge on any atom is 0.356 e. The van der Waals surface area contributed by atoms with Gasteiger partial charge < -0.3 is 35.3 Å². The number of methoxy groups -OCH3 is 1. The molecule has 268 valence electrons. The van der Waals surface area contributed by atoms with E-state index in [9.17, 15) is 24.5 Å². The first-order valence-electron chi connectivity index (χ1n) is 16.2. The van der Waals surface area contributed by atoms with Gasteiger partial charge in [-0.2, -0.15) is 0 Å². The summed E-state index contributed by atoms with van der Waals surface area (Å²) in [6.07, 6.45) is 4.07. The van der Waals surface area contributed by atoms with Crippen LogP contribution in [0, 0.1) is 10.1 Å². The zero-order chi connectivity index (χ0) is 36.6. The Hall–Kier alpha value is -6.16. The van der Waals surface area contributed by atoms with E-state index < -0.39 is 22.7 Å². The van der Waals surface area contributed by atoms with E-state index in [0.29, 0.717) is 19.4 Å². The highest BCUT2D eigenvalue weighted by Gasteiger charge is 2.23. The predicted molar refractivity (Wildman–Crippen MR) is 186 cm³/mol. The number of amides is 2. The number of anilines is 2. The van der Waals surface area contributed by atoms with Gasteiger partial charge in [-0.05, 0) is 55.3 Å². The van der Waals surface area contributed by atoms with Gasteiger partial charge in [0.15, 0.2) is 5.69 Å². The molecule has 2 amide bonds. The Kier molecular flexibility index (Phi) is 14.1. The molecule has 3 heterocycles. The summed E-state index contributed by atoms with van der Waals surface area (Å²) in [5, 5.41) is 16.9. The molecule has 0 fully saturated rings. The van der Waals surface area contributed by atoms with Crippen molar-refractivity contribution in [3.63, 3.8) is 0 Å². The molecule has 0 aliphatic carbocycles. The lowest BCUT2D eigenvalue weighted by Gasteiger charge is -2.15. The first-order chi connectivity index (χ1) is 24.7. The summed E-state index contributed by atoms with van der Waals surface area (Å²) in [6, 6.07) is 17.1. The molecular formula is C35H39N7O9. The second-order valence-corrected chi connectivity index (χ2v) is 11.0.